The number of aliphatic hydroxyl groups is 1. The molecule has 0 bridgehead atoms. The van der Waals surface area contributed by atoms with E-state index >= 15 is 0 Å². The molecule has 0 saturated carbocycles. The van der Waals surface area contributed by atoms with Gasteiger partial charge in [-0.2, -0.15) is 10.0 Å². The molecule has 0 aromatic rings. The molecule has 0 radical (unpaired) electrons. The minimum Gasteiger partial charge on any atom is -0.502 e. The second-order valence-corrected chi connectivity index (χ2v) is 6.92. The molecule has 4 N–H and O–H groups in total. The van der Waals surface area contributed by atoms with E-state index in [1.165, 1.54) is 12.1 Å². The fraction of sp³-hybridized carbons (Fsp3) is 0.444. The van der Waals surface area contributed by atoms with Crippen molar-refractivity contribution in [3.63, 3.8) is 0 Å². The molecule has 3 heterocycles. The number of aliphatic hydroxyl groups excluding tert-OH is 1. The zero-order valence-electron chi connectivity index (χ0n) is 16.4. The Morgan fingerprint density at radius 3 is 2.38 bits per heavy atom. The number of aliphatic carboxylic acids is 1. The first-order valence-electron chi connectivity index (χ1n) is 9.05. The normalized spacial score (nSPS) is 22.3. The summed E-state index contributed by atoms with van der Waals surface area (Å²) in [6.45, 7) is 4.38. The molecule has 0 aliphatic carbocycles. The first-order valence-corrected chi connectivity index (χ1v) is 9.05. The van der Waals surface area contributed by atoms with Gasteiger partial charge in [-0.25, -0.2) is 0 Å². The summed E-state index contributed by atoms with van der Waals surface area (Å²) < 4.78 is 5.28. The van der Waals surface area contributed by atoms with Crippen LogP contribution in [0.2, 0.25) is 0 Å². The zero-order chi connectivity index (χ0) is 21.5. The summed E-state index contributed by atoms with van der Waals surface area (Å²) in [6.07, 6.45) is 0. The number of quaternary nitrogens is 1. The monoisotopic (exact) mass is 407 g/mol. The Kier molecular flexibility index (Phi) is 5.44. The van der Waals surface area contributed by atoms with Crippen LogP contribution >= 0.6 is 0 Å². The molecule has 3 rings (SSSR count). The number of nitrogens with one attached hydrogen (secondary N) is 2. The number of likely N-dealkylation sites (N-methyl/N-ethyl adjacent to an activating group) is 1. The lowest BCUT2D eigenvalue weighted by Crippen LogP contribution is -3.15. The number of carboxylic acid groups (broad SMARTS) is 1. The summed E-state index contributed by atoms with van der Waals surface area (Å²) in [6, 6.07) is 0. The molecule has 0 aromatic heterocycles. The number of carbonyl (C=O) groups excluding carboxylic acids is 3. The van der Waals surface area contributed by atoms with Crippen molar-refractivity contribution in [2.45, 2.75) is 13.8 Å². The summed E-state index contributed by atoms with van der Waals surface area (Å²) in [4.78, 5) is 50.5. The van der Waals surface area contributed by atoms with Crippen LogP contribution in [-0.2, 0) is 23.9 Å². The summed E-state index contributed by atoms with van der Waals surface area (Å²) in [5.41, 5.74) is 1.02. The third-order valence-corrected chi connectivity index (χ3v) is 5.18. The SMILES string of the molecule is CC1=C2C(O)=C(C(=O)NCC(=O)O)C(=O)N(C)[NH+]2C(C)=C1C(=O)N1CCOCC1. The van der Waals surface area contributed by atoms with Crippen LogP contribution in [0.4, 0.5) is 0 Å². The number of hydrogen-bond donors (Lipinski definition) is 4. The maximum atomic E-state index is 13.1. The van der Waals surface area contributed by atoms with Crippen LogP contribution in [0.5, 0.6) is 0 Å². The quantitative estimate of drug-likeness (QED) is 0.384. The largest absolute Gasteiger partial charge is 0.502 e. The van der Waals surface area contributed by atoms with Crippen LogP contribution in [0, 0.1) is 0 Å². The molecule has 0 aromatic carbocycles. The van der Waals surface area contributed by atoms with Crippen LogP contribution in [0.3, 0.4) is 0 Å². The van der Waals surface area contributed by atoms with E-state index in [9.17, 15) is 24.3 Å². The summed E-state index contributed by atoms with van der Waals surface area (Å²) in [7, 11) is 1.44. The Hall–Kier alpha value is -3.18. The van der Waals surface area contributed by atoms with E-state index in [0.29, 0.717) is 48.2 Å². The number of ether oxygens (including phenoxy) is 1. The van der Waals surface area contributed by atoms with Crippen molar-refractivity contribution in [3.8, 4) is 0 Å². The van der Waals surface area contributed by atoms with Crippen LogP contribution in [0.1, 0.15) is 13.8 Å². The van der Waals surface area contributed by atoms with Gasteiger partial charge in [0.1, 0.15) is 17.8 Å². The second-order valence-electron chi connectivity index (χ2n) is 6.92. The average Bonchev–Trinajstić information content (AvgIpc) is 2.95. The van der Waals surface area contributed by atoms with Crippen molar-refractivity contribution in [2.75, 3.05) is 39.9 Å². The van der Waals surface area contributed by atoms with Crippen molar-refractivity contribution in [3.05, 3.63) is 33.9 Å². The highest BCUT2D eigenvalue weighted by Gasteiger charge is 2.50. The lowest BCUT2D eigenvalue weighted by molar-refractivity contribution is -0.928. The predicted molar refractivity (Wildman–Crippen MR) is 96.8 cm³/mol. The molecule has 1 fully saturated rings. The van der Waals surface area contributed by atoms with Crippen molar-refractivity contribution in [2.24, 2.45) is 0 Å². The number of amides is 3. The third kappa shape index (κ3) is 3.38. The molecular formula is C18H23N4O7+. The van der Waals surface area contributed by atoms with E-state index < -0.39 is 35.7 Å². The Morgan fingerprint density at radius 1 is 1.17 bits per heavy atom. The van der Waals surface area contributed by atoms with Gasteiger partial charge in [0.25, 0.3) is 11.8 Å². The fourth-order valence-corrected chi connectivity index (χ4v) is 3.79. The van der Waals surface area contributed by atoms with Gasteiger partial charge in [0.05, 0.1) is 20.3 Å². The number of hydrogen-bond acceptors (Lipinski definition) is 6. The molecule has 3 aliphatic rings. The number of morpholine rings is 1. The van der Waals surface area contributed by atoms with Crippen molar-refractivity contribution in [1.82, 2.24) is 15.2 Å². The second kappa shape index (κ2) is 7.68. The van der Waals surface area contributed by atoms with E-state index in [-0.39, 0.29) is 11.6 Å². The summed E-state index contributed by atoms with van der Waals surface area (Å²) in [5.74, 6) is -3.85. The van der Waals surface area contributed by atoms with Gasteiger partial charge in [-0.15, -0.1) is 0 Å². The highest BCUT2D eigenvalue weighted by Crippen LogP contribution is 2.29. The standard InChI is InChI=1S/C18H22N4O7/c1-9-12(18(28)21-4-6-29-7-5-21)10(2)22-14(9)15(25)13(17(27)20(22)3)16(26)19-8-11(23)24/h25H,4-8H2,1-3H3,(H,19,26)(H,23,24)/p+1. The van der Waals surface area contributed by atoms with Crippen LogP contribution in [0.15, 0.2) is 33.9 Å². The van der Waals surface area contributed by atoms with Gasteiger partial charge in [-0.05, 0) is 6.92 Å². The topological polar surface area (TPSA) is 141 Å². The highest BCUT2D eigenvalue weighted by molar-refractivity contribution is 6.19. The zero-order valence-corrected chi connectivity index (χ0v) is 16.4. The lowest BCUT2D eigenvalue weighted by Gasteiger charge is -2.31. The number of fused-ring (bicyclic) bond motifs is 1. The van der Waals surface area contributed by atoms with E-state index in [1.807, 2.05) is 0 Å². The number of carboxylic acids is 1. The van der Waals surface area contributed by atoms with Gasteiger partial charge in [0, 0.05) is 25.6 Å². The van der Waals surface area contributed by atoms with Gasteiger partial charge in [0.2, 0.25) is 5.70 Å². The number of allylic oxidation sites excluding steroid dienone is 1. The maximum absolute atomic E-state index is 13.1. The third-order valence-electron chi connectivity index (χ3n) is 5.18. The van der Waals surface area contributed by atoms with E-state index in [1.54, 1.807) is 18.7 Å². The molecular weight excluding hydrogens is 384 g/mol. The molecule has 29 heavy (non-hydrogen) atoms. The Labute approximate surface area is 166 Å². The maximum Gasteiger partial charge on any atom is 0.322 e. The van der Waals surface area contributed by atoms with Gasteiger partial charge in [0.15, 0.2) is 11.3 Å². The molecule has 11 nitrogen and oxygen atoms in total. The Bertz CT molecular complexity index is 896. The molecule has 3 amide bonds. The molecule has 11 heteroatoms. The van der Waals surface area contributed by atoms with Crippen LogP contribution < -0.4 is 10.3 Å². The average molecular weight is 407 g/mol. The summed E-state index contributed by atoms with van der Waals surface area (Å²) >= 11 is 0. The van der Waals surface area contributed by atoms with Gasteiger partial charge >= 0.3 is 11.9 Å². The molecule has 1 saturated heterocycles. The molecule has 1 atom stereocenters. The molecule has 1 unspecified atom stereocenters. The predicted octanol–water partition coefficient (Wildman–Crippen LogP) is -2.31. The molecule has 0 spiro atoms. The first-order chi connectivity index (χ1) is 13.7. The Balaban J connectivity index is 2.02. The minimum atomic E-state index is -1.28. The molecule has 3 aliphatic heterocycles. The number of rotatable bonds is 4. The smallest absolute Gasteiger partial charge is 0.322 e. The highest BCUT2D eigenvalue weighted by atomic mass is 16.5. The van der Waals surface area contributed by atoms with E-state index in [2.05, 4.69) is 5.32 Å². The van der Waals surface area contributed by atoms with E-state index in [4.69, 9.17) is 9.84 Å². The van der Waals surface area contributed by atoms with E-state index in [0.717, 1.165) is 0 Å². The lowest BCUT2D eigenvalue weighted by atomic mass is 10.0. The summed E-state index contributed by atoms with van der Waals surface area (Å²) in [5, 5.41) is 23.1. The minimum absolute atomic E-state index is 0.224. The van der Waals surface area contributed by atoms with Crippen molar-refractivity contribution in [1.29, 1.82) is 0 Å². The van der Waals surface area contributed by atoms with Gasteiger partial charge < -0.3 is 25.2 Å². The van der Waals surface area contributed by atoms with Crippen LogP contribution in [-0.4, -0.2) is 83.7 Å². The fourth-order valence-electron chi connectivity index (χ4n) is 3.79. The Morgan fingerprint density at radius 2 is 1.79 bits per heavy atom. The first kappa shape index (κ1) is 20.6. The van der Waals surface area contributed by atoms with Gasteiger partial charge in [-0.1, -0.05) is 0 Å². The van der Waals surface area contributed by atoms with Crippen molar-refractivity contribution < 1.29 is 39.1 Å². The number of nitrogens with zero attached hydrogens (tertiary/aromatic N) is 2. The number of carbonyl (C=O) groups is 4. The van der Waals surface area contributed by atoms with Crippen molar-refractivity contribution >= 4 is 23.7 Å². The van der Waals surface area contributed by atoms with Gasteiger partial charge in [-0.3, -0.25) is 19.2 Å². The van der Waals surface area contributed by atoms with Crippen LogP contribution in [0.25, 0.3) is 0 Å². The molecule has 156 valence electrons.